The fourth-order valence-electron chi connectivity index (χ4n) is 3.20. The minimum absolute atomic E-state index is 0. The van der Waals surface area contributed by atoms with Crippen LogP contribution in [0.3, 0.4) is 0 Å². The van der Waals surface area contributed by atoms with Gasteiger partial charge >= 0.3 is 0 Å². The van der Waals surface area contributed by atoms with Crippen molar-refractivity contribution in [1.29, 1.82) is 0 Å². The molecule has 2 nitrogen and oxygen atoms in total. The maximum absolute atomic E-state index is 3.49. The minimum Gasteiger partial charge on any atom is -0.341 e. The molecule has 20 heavy (non-hydrogen) atoms. The average Bonchev–Trinajstić information content (AvgIpc) is 2.70. The number of aryl methyl sites for hydroxylation is 1. The van der Waals surface area contributed by atoms with Crippen LogP contribution in [0.5, 0.6) is 0 Å². The number of para-hydroxylation sites is 1. The fraction of sp³-hybridized carbons (Fsp3) is 0.294. The van der Waals surface area contributed by atoms with Crippen molar-refractivity contribution in [3.8, 4) is 0 Å². The molecule has 1 atom stereocenters. The van der Waals surface area contributed by atoms with Crippen LogP contribution in [-0.2, 0) is 6.54 Å². The summed E-state index contributed by atoms with van der Waals surface area (Å²) in [5.41, 5.74) is 4.13. The van der Waals surface area contributed by atoms with Gasteiger partial charge in [0, 0.05) is 34.4 Å². The zero-order chi connectivity index (χ0) is 12.8. The van der Waals surface area contributed by atoms with Gasteiger partial charge in [-0.15, -0.1) is 12.4 Å². The van der Waals surface area contributed by atoms with Gasteiger partial charge in [-0.25, -0.2) is 0 Å². The first-order valence-corrected chi connectivity index (χ1v) is 7.13. The third-order valence-electron chi connectivity index (χ3n) is 4.34. The Bertz CT molecular complexity index is 756. The number of fused-ring (bicyclic) bond motifs is 3. The van der Waals surface area contributed by atoms with E-state index < -0.39 is 0 Å². The highest BCUT2D eigenvalue weighted by Crippen LogP contribution is 2.32. The molecule has 1 aliphatic heterocycles. The summed E-state index contributed by atoms with van der Waals surface area (Å²) in [5.74, 6) is 0. The monoisotopic (exact) mass is 286 g/mol. The van der Waals surface area contributed by atoms with E-state index in [1.54, 1.807) is 0 Å². The van der Waals surface area contributed by atoms with E-state index in [9.17, 15) is 0 Å². The van der Waals surface area contributed by atoms with E-state index in [0.29, 0.717) is 6.04 Å². The zero-order valence-electron chi connectivity index (χ0n) is 11.6. The van der Waals surface area contributed by atoms with Crippen LogP contribution < -0.4 is 5.32 Å². The molecule has 1 aliphatic rings. The van der Waals surface area contributed by atoms with Gasteiger partial charge in [0.25, 0.3) is 0 Å². The van der Waals surface area contributed by atoms with E-state index in [1.807, 2.05) is 0 Å². The molecule has 0 radical (unpaired) electrons. The van der Waals surface area contributed by atoms with E-state index >= 15 is 0 Å². The summed E-state index contributed by atoms with van der Waals surface area (Å²) < 4.78 is 2.41. The van der Waals surface area contributed by atoms with Gasteiger partial charge in [0.2, 0.25) is 0 Å². The molecule has 3 heteroatoms. The molecule has 2 aromatic carbocycles. The quantitative estimate of drug-likeness (QED) is 0.744. The first kappa shape index (κ1) is 13.5. The highest BCUT2D eigenvalue weighted by atomic mass is 35.5. The fourth-order valence-corrected chi connectivity index (χ4v) is 3.20. The van der Waals surface area contributed by atoms with Crippen LogP contribution in [0.25, 0.3) is 21.8 Å². The Morgan fingerprint density at radius 1 is 1.10 bits per heavy atom. The lowest BCUT2D eigenvalue weighted by Crippen LogP contribution is -2.34. The number of nitrogens with one attached hydrogen (secondary N) is 1. The van der Waals surface area contributed by atoms with E-state index in [-0.39, 0.29) is 12.4 Å². The van der Waals surface area contributed by atoms with Gasteiger partial charge in [-0.1, -0.05) is 24.3 Å². The van der Waals surface area contributed by atoms with E-state index in [2.05, 4.69) is 59.3 Å². The van der Waals surface area contributed by atoms with Gasteiger partial charge in [-0.2, -0.15) is 0 Å². The van der Waals surface area contributed by atoms with Crippen molar-refractivity contribution in [2.75, 3.05) is 6.54 Å². The van der Waals surface area contributed by atoms with Crippen LogP contribution >= 0.6 is 12.4 Å². The molecule has 1 N–H and O–H groups in total. The van der Waals surface area contributed by atoms with Crippen molar-refractivity contribution in [3.63, 3.8) is 0 Å². The summed E-state index contributed by atoms with van der Waals surface area (Å²) in [7, 11) is 0. The maximum Gasteiger partial charge on any atom is 0.0491 e. The Morgan fingerprint density at radius 2 is 1.85 bits per heavy atom. The third kappa shape index (κ3) is 1.83. The van der Waals surface area contributed by atoms with Crippen LogP contribution in [0.15, 0.2) is 42.5 Å². The third-order valence-corrected chi connectivity index (χ3v) is 4.34. The summed E-state index contributed by atoms with van der Waals surface area (Å²) in [6.45, 7) is 4.39. The Hall–Kier alpha value is -1.51. The van der Waals surface area contributed by atoms with Gasteiger partial charge in [0.05, 0.1) is 0 Å². The first-order valence-electron chi connectivity index (χ1n) is 7.13. The van der Waals surface area contributed by atoms with Crippen LogP contribution in [0, 0.1) is 0 Å². The van der Waals surface area contributed by atoms with Gasteiger partial charge in [0.1, 0.15) is 0 Å². The summed E-state index contributed by atoms with van der Waals surface area (Å²) in [4.78, 5) is 0. The molecule has 1 saturated heterocycles. The highest BCUT2D eigenvalue weighted by Gasteiger charge is 2.19. The number of rotatable bonds is 2. The molecule has 0 bridgehead atoms. The van der Waals surface area contributed by atoms with Crippen LogP contribution in [0.1, 0.15) is 24.9 Å². The Kier molecular flexibility index (Phi) is 3.45. The van der Waals surface area contributed by atoms with Crippen LogP contribution in [0.2, 0.25) is 0 Å². The van der Waals surface area contributed by atoms with Crippen molar-refractivity contribution in [1.82, 2.24) is 9.88 Å². The predicted octanol–water partition coefficient (Wildman–Crippen LogP) is 4.27. The van der Waals surface area contributed by atoms with Gasteiger partial charge in [-0.05, 0) is 43.7 Å². The summed E-state index contributed by atoms with van der Waals surface area (Å²) in [6, 6.07) is 16.2. The number of benzene rings is 2. The summed E-state index contributed by atoms with van der Waals surface area (Å²) >= 11 is 0. The van der Waals surface area contributed by atoms with Crippen LogP contribution in [0.4, 0.5) is 0 Å². The zero-order valence-corrected chi connectivity index (χ0v) is 12.4. The minimum atomic E-state index is 0. The van der Waals surface area contributed by atoms with E-state index in [0.717, 1.165) is 13.1 Å². The second-order valence-electron chi connectivity index (χ2n) is 5.33. The molecular weight excluding hydrogens is 268 g/mol. The van der Waals surface area contributed by atoms with Crippen molar-refractivity contribution in [3.05, 3.63) is 48.0 Å². The van der Waals surface area contributed by atoms with Gasteiger partial charge in [0.15, 0.2) is 0 Å². The molecule has 1 aromatic heterocycles. The number of aromatic nitrogens is 1. The average molecular weight is 287 g/mol. The van der Waals surface area contributed by atoms with Crippen molar-refractivity contribution < 1.29 is 0 Å². The lowest BCUT2D eigenvalue weighted by molar-refractivity contribution is 0.383. The topological polar surface area (TPSA) is 17.0 Å². The number of halogens is 1. The molecule has 0 aliphatic carbocycles. The molecule has 104 valence electrons. The predicted molar refractivity (Wildman–Crippen MR) is 87.7 cm³/mol. The second-order valence-corrected chi connectivity index (χ2v) is 5.33. The lowest BCUT2D eigenvalue weighted by Gasteiger charge is -2.28. The largest absolute Gasteiger partial charge is 0.341 e. The summed E-state index contributed by atoms with van der Waals surface area (Å²) in [5, 5.41) is 6.26. The SMILES string of the molecule is CCn1c2ccccc2c2cc([C@H]3CCN3)ccc21.Cl. The molecule has 0 amide bonds. The Balaban J connectivity index is 0.00000121. The molecule has 0 unspecified atom stereocenters. The van der Waals surface area contributed by atoms with Gasteiger partial charge < -0.3 is 9.88 Å². The molecule has 1 fully saturated rings. The highest BCUT2D eigenvalue weighted by molar-refractivity contribution is 6.08. The lowest BCUT2D eigenvalue weighted by atomic mass is 9.96. The molecule has 2 heterocycles. The smallest absolute Gasteiger partial charge is 0.0491 e. The standard InChI is InChI=1S/C17H18N2.ClH/c1-2-19-16-6-4-3-5-13(16)14-11-12(7-8-17(14)19)15-9-10-18-15;/h3-8,11,15,18H,2,9-10H2,1H3;1H/t15-;/m1./s1. The number of hydrogen-bond acceptors (Lipinski definition) is 1. The Labute approximate surface area is 125 Å². The summed E-state index contributed by atoms with van der Waals surface area (Å²) in [6.07, 6.45) is 1.26. The maximum atomic E-state index is 3.49. The molecule has 3 aromatic rings. The molecule has 0 spiro atoms. The second kappa shape index (κ2) is 5.12. The molecular formula is C17H19ClN2. The van der Waals surface area contributed by atoms with E-state index in [4.69, 9.17) is 0 Å². The first-order chi connectivity index (χ1) is 9.38. The normalized spacial score (nSPS) is 17.9. The van der Waals surface area contributed by atoms with Crippen molar-refractivity contribution >= 4 is 34.2 Å². The van der Waals surface area contributed by atoms with E-state index in [1.165, 1.54) is 33.8 Å². The van der Waals surface area contributed by atoms with Crippen molar-refractivity contribution in [2.45, 2.75) is 25.9 Å². The Morgan fingerprint density at radius 3 is 2.55 bits per heavy atom. The van der Waals surface area contributed by atoms with Crippen LogP contribution in [-0.4, -0.2) is 11.1 Å². The number of nitrogens with zero attached hydrogens (tertiary/aromatic N) is 1. The number of hydrogen-bond donors (Lipinski definition) is 1. The van der Waals surface area contributed by atoms with Crippen molar-refractivity contribution in [2.24, 2.45) is 0 Å². The molecule has 4 rings (SSSR count). The molecule has 0 saturated carbocycles. The van der Waals surface area contributed by atoms with Gasteiger partial charge in [-0.3, -0.25) is 0 Å².